The molecule has 29 heavy (non-hydrogen) atoms. The first-order chi connectivity index (χ1) is 14.1. The molecule has 0 aliphatic carbocycles. The second-order valence-corrected chi connectivity index (χ2v) is 6.98. The van der Waals surface area contributed by atoms with Gasteiger partial charge in [-0.3, -0.25) is 4.79 Å². The van der Waals surface area contributed by atoms with Gasteiger partial charge in [0.15, 0.2) is 11.5 Å². The molecule has 6 nitrogen and oxygen atoms in total. The summed E-state index contributed by atoms with van der Waals surface area (Å²) in [5.74, 6) is -0.136. The fourth-order valence-corrected chi connectivity index (χ4v) is 3.42. The Labute approximate surface area is 165 Å². The molecule has 0 fully saturated rings. The summed E-state index contributed by atoms with van der Waals surface area (Å²) >= 11 is 0. The van der Waals surface area contributed by atoms with Crippen LogP contribution in [-0.2, 0) is 6.42 Å². The van der Waals surface area contributed by atoms with Gasteiger partial charge in [0.2, 0.25) is 0 Å². The predicted octanol–water partition coefficient (Wildman–Crippen LogP) is 4.11. The van der Waals surface area contributed by atoms with Crippen LogP contribution in [0.3, 0.4) is 0 Å². The average Bonchev–Trinajstić information content (AvgIpc) is 3.33. The molecule has 0 unspecified atom stereocenters. The number of halogens is 1. The number of hydrogen-bond donors (Lipinski definition) is 1. The molecule has 0 radical (unpaired) electrons. The van der Waals surface area contributed by atoms with E-state index >= 15 is 0 Å². The zero-order chi connectivity index (χ0) is 20.0. The third kappa shape index (κ3) is 3.16. The van der Waals surface area contributed by atoms with E-state index in [0.717, 1.165) is 16.6 Å². The molecule has 1 N–H and O–H groups in total. The second-order valence-electron chi connectivity index (χ2n) is 6.98. The first kappa shape index (κ1) is 17.2. The van der Waals surface area contributed by atoms with Crippen LogP contribution < -0.4 is 5.32 Å². The quantitative estimate of drug-likeness (QED) is 0.577. The Bertz CT molecular complexity index is 1270. The molecule has 0 saturated heterocycles. The van der Waals surface area contributed by atoms with Crippen LogP contribution in [0, 0.1) is 12.7 Å². The molecule has 1 aromatic carbocycles. The first-order valence-corrected chi connectivity index (χ1v) is 9.15. The molecule has 5 rings (SSSR count). The van der Waals surface area contributed by atoms with Crippen molar-refractivity contribution in [1.82, 2.24) is 14.6 Å². The highest BCUT2D eigenvalue weighted by molar-refractivity contribution is 6.08. The van der Waals surface area contributed by atoms with Crippen LogP contribution in [0.4, 0.5) is 15.9 Å². The Kier molecular flexibility index (Phi) is 3.94. The number of nitrogens with one attached hydrogen (secondary N) is 1. The van der Waals surface area contributed by atoms with Crippen LogP contribution in [0.15, 0.2) is 65.9 Å². The molecular weight excluding hydrogens is 369 g/mol. The Morgan fingerprint density at radius 3 is 2.93 bits per heavy atom. The highest BCUT2D eigenvalue weighted by atomic mass is 19.1. The lowest BCUT2D eigenvalue weighted by molar-refractivity contribution is 0.102. The largest absolute Gasteiger partial charge is 0.321 e. The number of pyridine rings is 2. The van der Waals surface area contributed by atoms with E-state index in [2.05, 4.69) is 20.4 Å². The van der Waals surface area contributed by atoms with Crippen LogP contribution in [0.1, 0.15) is 27.2 Å². The Morgan fingerprint density at radius 1 is 1.17 bits per heavy atom. The van der Waals surface area contributed by atoms with Gasteiger partial charge in [0.05, 0.1) is 11.2 Å². The van der Waals surface area contributed by atoms with E-state index in [0.29, 0.717) is 29.2 Å². The molecule has 0 bridgehead atoms. The third-order valence-electron chi connectivity index (χ3n) is 4.82. The number of anilines is 1. The minimum atomic E-state index is -0.390. The van der Waals surface area contributed by atoms with Crippen molar-refractivity contribution in [1.29, 1.82) is 0 Å². The predicted molar refractivity (Wildman–Crippen MR) is 108 cm³/mol. The fraction of sp³-hybridized carbons (Fsp3) is 0.0909. The maximum absolute atomic E-state index is 14.5. The van der Waals surface area contributed by atoms with Crippen LogP contribution in [0.5, 0.6) is 0 Å². The topological polar surface area (TPSA) is 71.7 Å². The van der Waals surface area contributed by atoms with E-state index in [4.69, 9.17) is 0 Å². The summed E-state index contributed by atoms with van der Waals surface area (Å²) in [5, 5.41) is 7.05. The normalized spacial score (nSPS) is 12.7. The summed E-state index contributed by atoms with van der Waals surface area (Å²) in [6.07, 6.45) is 4.02. The van der Waals surface area contributed by atoms with Gasteiger partial charge in [-0.05, 0) is 48.9 Å². The molecule has 4 heterocycles. The molecule has 4 aromatic rings. The van der Waals surface area contributed by atoms with Crippen molar-refractivity contribution in [2.45, 2.75) is 13.3 Å². The molecule has 1 aliphatic rings. The zero-order valence-corrected chi connectivity index (χ0v) is 15.6. The minimum absolute atomic E-state index is 0.285. The number of nitrogens with zero attached hydrogens (tertiary/aromatic N) is 4. The van der Waals surface area contributed by atoms with Crippen LogP contribution >= 0.6 is 0 Å². The van der Waals surface area contributed by atoms with Crippen molar-refractivity contribution in [3.05, 3.63) is 89.1 Å². The van der Waals surface area contributed by atoms with Gasteiger partial charge < -0.3 is 5.32 Å². The first-order valence-electron chi connectivity index (χ1n) is 9.15. The monoisotopic (exact) mass is 385 g/mol. The van der Waals surface area contributed by atoms with Gasteiger partial charge in [-0.15, -0.1) is 0 Å². The molecule has 3 aromatic heterocycles. The third-order valence-corrected chi connectivity index (χ3v) is 4.82. The van der Waals surface area contributed by atoms with Gasteiger partial charge in [0, 0.05) is 35.6 Å². The molecule has 7 heteroatoms. The average molecular weight is 385 g/mol. The molecule has 142 valence electrons. The van der Waals surface area contributed by atoms with Crippen molar-refractivity contribution in [3.63, 3.8) is 0 Å². The van der Waals surface area contributed by atoms with Crippen molar-refractivity contribution in [2.75, 3.05) is 5.32 Å². The van der Waals surface area contributed by atoms with Crippen molar-refractivity contribution < 1.29 is 9.18 Å². The molecule has 0 atom stereocenters. The van der Waals surface area contributed by atoms with Crippen molar-refractivity contribution >= 4 is 28.6 Å². The molecule has 0 spiro atoms. The van der Waals surface area contributed by atoms with Crippen LogP contribution in [0.2, 0.25) is 0 Å². The van der Waals surface area contributed by atoms with Crippen molar-refractivity contribution in [3.8, 4) is 0 Å². The number of aliphatic imine (C=N–C) groups is 1. The standard InChI is InChI=1S/C22H16FN5O/c1-13-8-14-9-19(26-21(14)24-12-13)17-10-15(5-6-18(17)23)25-22(29)20-11-16-4-2-3-7-28(16)27-20/h2-8,10-12H,9H2,1H3,(H,25,29). The Morgan fingerprint density at radius 2 is 2.07 bits per heavy atom. The molecule has 1 aliphatic heterocycles. The highest BCUT2D eigenvalue weighted by Gasteiger charge is 2.21. The smallest absolute Gasteiger partial charge is 0.276 e. The number of hydrogen-bond acceptors (Lipinski definition) is 4. The summed E-state index contributed by atoms with van der Waals surface area (Å²) in [4.78, 5) is 21.4. The van der Waals surface area contributed by atoms with E-state index in [1.165, 1.54) is 12.1 Å². The second kappa shape index (κ2) is 6.63. The van der Waals surface area contributed by atoms with E-state index in [1.807, 2.05) is 31.2 Å². The number of aryl methyl sites for hydroxylation is 1. The van der Waals surface area contributed by atoms with Gasteiger partial charge in [-0.2, -0.15) is 5.10 Å². The number of fused-ring (bicyclic) bond motifs is 2. The van der Waals surface area contributed by atoms with Gasteiger partial charge >= 0.3 is 0 Å². The summed E-state index contributed by atoms with van der Waals surface area (Å²) in [5.41, 5.74) is 4.54. The van der Waals surface area contributed by atoms with Gasteiger partial charge in [-0.25, -0.2) is 18.9 Å². The maximum Gasteiger partial charge on any atom is 0.276 e. The van der Waals surface area contributed by atoms with Crippen LogP contribution in [0.25, 0.3) is 5.52 Å². The number of carbonyl (C=O) groups is 1. The number of carbonyl (C=O) groups excluding carboxylic acids is 1. The highest BCUT2D eigenvalue weighted by Crippen LogP contribution is 2.29. The minimum Gasteiger partial charge on any atom is -0.321 e. The fourth-order valence-electron chi connectivity index (χ4n) is 3.42. The molecule has 1 amide bonds. The lowest BCUT2D eigenvalue weighted by Gasteiger charge is -2.08. The van der Waals surface area contributed by atoms with Gasteiger partial charge in [0.25, 0.3) is 5.91 Å². The summed E-state index contributed by atoms with van der Waals surface area (Å²) in [7, 11) is 0. The number of aromatic nitrogens is 3. The lowest BCUT2D eigenvalue weighted by Crippen LogP contribution is -2.14. The number of amides is 1. The van der Waals surface area contributed by atoms with E-state index in [9.17, 15) is 9.18 Å². The van der Waals surface area contributed by atoms with E-state index in [-0.39, 0.29) is 17.4 Å². The van der Waals surface area contributed by atoms with E-state index in [1.54, 1.807) is 29.0 Å². The summed E-state index contributed by atoms with van der Waals surface area (Å²) in [6, 6.07) is 13.7. The Hall–Kier alpha value is -3.87. The summed E-state index contributed by atoms with van der Waals surface area (Å²) in [6.45, 7) is 1.96. The SMILES string of the molecule is Cc1cnc2c(c1)CC(c1cc(NC(=O)c3cc4ccccn4n3)ccc1F)=N2. The summed E-state index contributed by atoms with van der Waals surface area (Å²) < 4.78 is 16.1. The maximum atomic E-state index is 14.5. The van der Waals surface area contributed by atoms with Crippen LogP contribution in [-0.4, -0.2) is 26.2 Å². The van der Waals surface area contributed by atoms with Crippen molar-refractivity contribution in [2.24, 2.45) is 4.99 Å². The number of benzene rings is 1. The lowest BCUT2D eigenvalue weighted by atomic mass is 10.0. The molecular formula is C22H16FN5O. The van der Waals surface area contributed by atoms with Gasteiger partial charge in [0.1, 0.15) is 5.82 Å². The van der Waals surface area contributed by atoms with Gasteiger partial charge in [-0.1, -0.05) is 12.1 Å². The van der Waals surface area contributed by atoms with E-state index < -0.39 is 0 Å². The molecule has 0 saturated carbocycles. The zero-order valence-electron chi connectivity index (χ0n) is 15.6. The number of rotatable bonds is 3. The Balaban J connectivity index is 1.42.